The van der Waals surface area contributed by atoms with Crippen molar-refractivity contribution in [2.45, 2.75) is 26.3 Å². The summed E-state index contributed by atoms with van der Waals surface area (Å²) >= 11 is 0. The van der Waals surface area contributed by atoms with Gasteiger partial charge in [0.05, 0.1) is 6.54 Å². The molecule has 0 bridgehead atoms. The summed E-state index contributed by atoms with van der Waals surface area (Å²) in [6, 6.07) is 6.41. The van der Waals surface area contributed by atoms with Crippen molar-refractivity contribution in [3.63, 3.8) is 0 Å². The predicted octanol–water partition coefficient (Wildman–Crippen LogP) is 2.60. The maximum absolute atomic E-state index is 13.1. The zero-order chi connectivity index (χ0) is 13.7. The maximum Gasteiger partial charge on any atom is 0.236 e. The van der Waals surface area contributed by atoms with Gasteiger partial charge in [-0.2, -0.15) is 0 Å². The van der Waals surface area contributed by atoms with Crippen LogP contribution in [0.5, 0.6) is 0 Å². The highest BCUT2D eigenvalue weighted by atomic mass is 35.5. The van der Waals surface area contributed by atoms with E-state index in [4.69, 9.17) is 0 Å². The van der Waals surface area contributed by atoms with Gasteiger partial charge in [0.2, 0.25) is 5.91 Å². The first-order chi connectivity index (χ1) is 9.19. The number of carbonyl (C=O) groups excluding carboxylic acids is 1. The molecule has 1 aliphatic carbocycles. The summed E-state index contributed by atoms with van der Waals surface area (Å²) in [4.78, 5) is 13.8. The van der Waals surface area contributed by atoms with Gasteiger partial charge in [0, 0.05) is 13.1 Å². The molecule has 1 aromatic carbocycles. The molecule has 1 amide bonds. The van der Waals surface area contributed by atoms with Gasteiger partial charge in [-0.15, -0.1) is 12.4 Å². The molecule has 0 atom stereocenters. The summed E-state index contributed by atoms with van der Waals surface area (Å²) in [6.07, 6.45) is 2.56. The summed E-state index contributed by atoms with van der Waals surface area (Å²) in [5.74, 6) is 0.589. The highest BCUT2D eigenvalue weighted by Gasteiger charge is 2.21. The highest BCUT2D eigenvalue weighted by molar-refractivity contribution is 5.85. The van der Waals surface area contributed by atoms with E-state index in [0.717, 1.165) is 18.0 Å². The Bertz CT molecular complexity index is 438. The van der Waals surface area contributed by atoms with Crippen LogP contribution in [0.4, 0.5) is 4.39 Å². The lowest BCUT2D eigenvalue weighted by atomic mass is 10.2. The number of nitrogens with zero attached hydrogens (tertiary/aromatic N) is 1. The van der Waals surface area contributed by atoms with Gasteiger partial charge in [-0.05, 0) is 49.9 Å². The second-order valence-corrected chi connectivity index (χ2v) is 5.11. The van der Waals surface area contributed by atoms with Crippen molar-refractivity contribution in [1.82, 2.24) is 10.2 Å². The lowest BCUT2D eigenvalue weighted by Crippen LogP contribution is -2.38. The largest absolute Gasteiger partial charge is 0.338 e. The van der Waals surface area contributed by atoms with Crippen LogP contribution in [0.25, 0.3) is 0 Å². The molecule has 0 radical (unpaired) electrons. The van der Waals surface area contributed by atoms with Crippen LogP contribution in [0, 0.1) is 11.7 Å². The van der Waals surface area contributed by atoms with Gasteiger partial charge in [0.1, 0.15) is 5.82 Å². The third-order valence-corrected chi connectivity index (χ3v) is 3.40. The molecule has 1 saturated carbocycles. The van der Waals surface area contributed by atoms with E-state index < -0.39 is 0 Å². The SMILES string of the molecule is CCN(Cc1cccc(F)c1)C(=O)CNCC1CC1.Cl. The number of nitrogens with one attached hydrogen (secondary N) is 1. The molecule has 5 heteroatoms. The van der Waals surface area contributed by atoms with Gasteiger partial charge in [-0.1, -0.05) is 12.1 Å². The van der Waals surface area contributed by atoms with Crippen LogP contribution in [-0.2, 0) is 11.3 Å². The smallest absolute Gasteiger partial charge is 0.236 e. The molecule has 0 heterocycles. The van der Waals surface area contributed by atoms with E-state index in [1.165, 1.54) is 25.0 Å². The Morgan fingerprint density at radius 2 is 2.20 bits per heavy atom. The monoisotopic (exact) mass is 300 g/mol. The Hall–Kier alpha value is -1.13. The van der Waals surface area contributed by atoms with Crippen molar-refractivity contribution in [2.24, 2.45) is 5.92 Å². The third kappa shape index (κ3) is 5.47. The molecule has 1 aromatic rings. The zero-order valence-corrected chi connectivity index (χ0v) is 12.6. The average Bonchev–Trinajstić information content (AvgIpc) is 3.20. The number of benzene rings is 1. The minimum atomic E-state index is -0.257. The maximum atomic E-state index is 13.1. The molecule has 3 nitrogen and oxygen atoms in total. The van der Waals surface area contributed by atoms with Crippen molar-refractivity contribution in [2.75, 3.05) is 19.6 Å². The minimum Gasteiger partial charge on any atom is -0.338 e. The van der Waals surface area contributed by atoms with Gasteiger partial charge in [0.25, 0.3) is 0 Å². The Balaban J connectivity index is 0.00000200. The molecule has 0 unspecified atom stereocenters. The Labute approximate surface area is 125 Å². The Kier molecular flexibility index (Phi) is 6.96. The molecule has 2 rings (SSSR count). The second-order valence-electron chi connectivity index (χ2n) is 5.11. The van der Waals surface area contributed by atoms with E-state index >= 15 is 0 Å². The fraction of sp³-hybridized carbons (Fsp3) is 0.533. The Morgan fingerprint density at radius 1 is 1.45 bits per heavy atom. The Morgan fingerprint density at radius 3 is 2.80 bits per heavy atom. The van der Waals surface area contributed by atoms with Gasteiger partial charge in [-0.3, -0.25) is 4.79 Å². The van der Waals surface area contributed by atoms with Crippen LogP contribution in [0.2, 0.25) is 0 Å². The first-order valence-corrected chi connectivity index (χ1v) is 6.92. The zero-order valence-electron chi connectivity index (χ0n) is 11.8. The summed E-state index contributed by atoms with van der Waals surface area (Å²) in [6.45, 7) is 4.36. The van der Waals surface area contributed by atoms with Gasteiger partial charge >= 0.3 is 0 Å². The molecule has 1 fully saturated rings. The van der Waals surface area contributed by atoms with Crippen molar-refractivity contribution >= 4 is 18.3 Å². The van der Waals surface area contributed by atoms with Crippen molar-refractivity contribution in [1.29, 1.82) is 0 Å². The quantitative estimate of drug-likeness (QED) is 0.839. The standard InChI is InChI=1S/C15H21FN2O.ClH/c1-2-18(11-13-4-3-5-14(16)8-13)15(19)10-17-9-12-6-7-12;/h3-5,8,12,17H,2,6-7,9-11H2,1H3;1H. The first-order valence-electron chi connectivity index (χ1n) is 6.92. The van der Waals surface area contributed by atoms with Crippen LogP contribution in [0.15, 0.2) is 24.3 Å². The molecule has 0 spiro atoms. The second kappa shape index (κ2) is 8.22. The van der Waals surface area contributed by atoms with Crippen LogP contribution >= 0.6 is 12.4 Å². The molecular formula is C15H22ClFN2O. The van der Waals surface area contributed by atoms with Crippen molar-refractivity contribution in [3.8, 4) is 0 Å². The van der Waals surface area contributed by atoms with Crippen LogP contribution in [-0.4, -0.2) is 30.4 Å². The normalized spacial score (nSPS) is 13.7. The number of amides is 1. The lowest BCUT2D eigenvalue weighted by Gasteiger charge is -2.21. The molecule has 1 aliphatic rings. The third-order valence-electron chi connectivity index (χ3n) is 3.40. The number of likely N-dealkylation sites (N-methyl/N-ethyl adjacent to an activating group) is 1. The van der Waals surface area contributed by atoms with Gasteiger partial charge < -0.3 is 10.2 Å². The van der Waals surface area contributed by atoms with Crippen molar-refractivity contribution < 1.29 is 9.18 Å². The molecule has 0 saturated heterocycles. The predicted molar refractivity (Wildman–Crippen MR) is 80.3 cm³/mol. The number of hydrogen-bond acceptors (Lipinski definition) is 2. The van der Waals surface area contributed by atoms with E-state index in [2.05, 4.69) is 5.32 Å². The molecule has 1 N–H and O–H groups in total. The van der Waals surface area contributed by atoms with Crippen molar-refractivity contribution in [3.05, 3.63) is 35.6 Å². The van der Waals surface area contributed by atoms with Crippen LogP contribution in [0.3, 0.4) is 0 Å². The molecule has 20 heavy (non-hydrogen) atoms. The van der Waals surface area contributed by atoms with E-state index in [-0.39, 0.29) is 24.1 Å². The molecule has 112 valence electrons. The lowest BCUT2D eigenvalue weighted by molar-refractivity contribution is -0.130. The molecular weight excluding hydrogens is 279 g/mol. The van der Waals surface area contributed by atoms with E-state index in [1.807, 2.05) is 13.0 Å². The number of halogens is 2. The summed E-state index contributed by atoms with van der Waals surface area (Å²) in [7, 11) is 0. The molecule has 0 aromatic heterocycles. The minimum absolute atomic E-state index is 0. The number of hydrogen-bond donors (Lipinski definition) is 1. The fourth-order valence-corrected chi connectivity index (χ4v) is 2.05. The summed E-state index contributed by atoms with van der Waals surface area (Å²) < 4.78 is 13.1. The van der Waals surface area contributed by atoms with Crippen LogP contribution in [0.1, 0.15) is 25.3 Å². The number of carbonyl (C=O) groups is 1. The van der Waals surface area contributed by atoms with E-state index in [0.29, 0.717) is 19.6 Å². The van der Waals surface area contributed by atoms with Gasteiger partial charge in [0.15, 0.2) is 0 Å². The first kappa shape index (κ1) is 16.9. The molecule has 0 aliphatic heterocycles. The van der Waals surface area contributed by atoms with E-state index in [9.17, 15) is 9.18 Å². The van der Waals surface area contributed by atoms with E-state index in [1.54, 1.807) is 11.0 Å². The topological polar surface area (TPSA) is 32.3 Å². The van der Waals surface area contributed by atoms with Gasteiger partial charge in [-0.25, -0.2) is 4.39 Å². The van der Waals surface area contributed by atoms with Crippen LogP contribution < -0.4 is 5.32 Å². The summed E-state index contributed by atoms with van der Waals surface area (Å²) in [5, 5.41) is 3.19. The fourth-order valence-electron chi connectivity index (χ4n) is 2.05. The number of rotatable bonds is 7. The highest BCUT2D eigenvalue weighted by Crippen LogP contribution is 2.27. The summed E-state index contributed by atoms with van der Waals surface area (Å²) in [5.41, 5.74) is 0.831. The average molecular weight is 301 g/mol.